The predicted molar refractivity (Wildman–Crippen MR) is 174 cm³/mol. The quantitative estimate of drug-likeness (QED) is 0.207. The molecule has 9 rings (SSSR count). The summed E-state index contributed by atoms with van der Waals surface area (Å²) in [4.78, 5) is 20.1. The largest absolute Gasteiger partial charge is 0.250 e. The fourth-order valence-electron chi connectivity index (χ4n) is 6.35. The Morgan fingerprint density at radius 2 is 0.738 bits per heavy atom. The first kappa shape index (κ1) is 23.0. The molecule has 2 aromatic heterocycles. The number of nitrogens with zero attached hydrogens (tertiary/aromatic N) is 4. The third kappa shape index (κ3) is 3.36. The lowest BCUT2D eigenvalue weighted by atomic mass is 9.93. The summed E-state index contributed by atoms with van der Waals surface area (Å²) < 4.78 is 0. The van der Waals surface area contributed by atoms with Crippen molar-refractivity contribution >= 4 is 65.2 Å². The molecule has 0 atom stereocenters. The van der Waals surface area contributed by atoms with Crippen LogP contribution < -0.4 is 0 Å². The van der Waals surface area contributed by atoms with Gasteiger partial charge in [0.2, 0.25) is 0 Å². The van der Waals surface area contributed by atoms with E-state index < -0.39 is 0 Å². The van der Waals surface area contributed by atoms with E-state index in [1.54, 1.807) is 0 Å². The van der Waals surface area contributed by atoms with Crippen molar-refractivity contribution in [3.05, 3.63) is 134 Å². The predicted octanol–water partition coefficient (Wildman–Crippen LogP) is 9.52. The Bertz CT molecular complexity index is 2460. The molecule has 0 spiro atoms. The summed E-state index contributed by atoms with van der Waals surface area (Å²) in [6, 6.07) is 42.4. The van der Waals surface area contributed by atoms with Crippen LogP contribution in [0.25, 0.3) is 87.7 Å². The number of benzene rings is 7. The van der Waals surface area contributed by atoms with Crippen LogP contribution in [0.3, 0.4) is 0 Å². The number of hydrogen-bond acceptors (Lipinski definition) is 4. The van der Waals surface area contributed by atoms with Crippen LogP contribution in [-0.4, -0.2) is 19.9 Å². The van der Waals surface area contributed by atoms with E-state index in [2.05, 4.69) is 91.0 Å². The van der Waals surface area contributed by atoms with Crippen LogP contribution in [0.1, 0.15) is 0 Å². The molecule has 0 aliphatic heterocycles. The molecule has 0 saturated heterocycles. The first-order chi connectivity index (χ1) is 20.8. The van der Waals surface area contributed by atoms with Gasteiger partial charge in [-0.25, -0.2) is 19.9 Å². The average Bonchev–Trinajstić information content (AvgIpc) is 3.08. The van der Waals surface area contributed by atoms with E-state index in [-0.39, 0.29) is 0 Å². The Morgan fingerprint density at radius 1 is 0.310 bits per heavy atom. The summed E-state index contributed by atoms with van der Waals surface area (Å²) in [7, 11) is 0. The molecular formula is C38H22N4. The molecule has 0 unspecified atom stereocenters. The molecule has 0 amide bonds. The van der Waals surface area contributed by atoms with E-state index in [1.807, 2.05) is 42.7 Å². The van der Waals surface area contributed by atoms with Crippen molar-refractivity contribution in [2.45, 2.75) is 0 Å². The van der Waals surface area contributed by atoms with Crippen molar-refractivity contribution in [2.24, 2.45) is 0 Å². The fourth-order valence-corrected chi connectivity index (χ4v) is 6.35. The number of fused-ring (bicyclic) bond motifs is 12. The summed E-state index contributed by atoms with van der Waals surface area (Å²) >= 11 is 0. The zero-order valence-electron chi connectivity index (χ0n) is 22.5. The standard InChI is InChI=1S/C38H22N4/c1-2-10-23(11-3-1)33-21-39-37-35(41-33)30-16-8-9-17-31(30)36-38(37)40-22-34(42-36)24-18-19-29-27-14-5-4-12-25(27)26-13-6-7-15-28(26)32(29)20-24/h1-22H. The smallest absolute Gasteiger partial charge is 0.117 e. The van der Waals surface area contributed by atoms with Gasteiger partial charge in [-0.3, -0.25) is 0 Å². The molecule has 0 radical (unpaired) electrons. The van der Waals surface area contributed by atoms with Gasteiger partial charge in [-0.1, -0.05) is 115 Å². The summed E-state index contributed by atoms with van der Waals surface area (Å²) in [5, 5.41) is 9.52. The molecule has 4 heteroatoms. The third-order valence-electron chi connectivity index (χ3n) is 8.32. The van der Waals surface area contributed by atoms with E-state index >= 15 is 0 Å². The Morgan fingerprint density at radius 3 is 1.29 bits per heavy atom. The Kier molecular flexibility index (Phi) is 4.87. The van der Waals surface area contributed by atoms with Crippen molar-refractivity contribution < 1.29 is 0 Å². The normalized spacial score (nSPS) is 11.8. The van der Waals surface area contributed by atoms with E-state index in [4.69, 9.17) is 19.9 Å². The maximum Gasteiger partial charge on any atom is 0.117 e. The highest BCUT2D eigenvalue weighted by atomic mass is 14.9. The van der Waals surface area contributed by atoms with Crippen LogP contribution in [0.4, 0.5) is 0 Å². The monoisotopic (exact) mass is 534 g/mol. The fraction of sp³-hybridized carbons (Fsp3) is 0. The van der Waals surface area contributed by atoms with E-state index in [0.29, 0.717) is 0 Å². The second kappa shape index (κ2) is 8.88. The molecule has 0 fully saturated rings. The highest BCUT2D eigenvalue weighted by molar-refractivity contribution is 6.26. The van der Waals surface area contributed by atoms with Crippen molar-refractivity contribution in [2.75, 3.05) is 0 Å². The minimum absolute atomic E-state index is 0.761. The Labute approximate surface area is 241 Å². The number of hydrogen-bond donors (Lipinski definition) is 0. The molecule has 0 N–H and O–H groups in total. The van der Waals surface area contributed by atoms with Crippen LogP contribution in [0, 0.1) is 0 Å². The van der Waals surface area contributed by atoms with Gasteiger partial charge in [-0.2, -0.15) is 0 Å². The molecule has 0 aliphatic rings. The molecule has 4 nitrogen and oxygen atoms in total. The Balaban J connectivity index is 1.30. The minimum atomic E-state index is 0.761. The molecular weight excluding hydrogens is 512 g/mol. The molecule has 0 aliphatic carbocycles. The SMILES string of the molecule is c1ccc(-c2cnc3c(n2)c2ccccc2c2nc(-c4ccc5c6ccccc6c6ccccc6c5c4)cnc23)cc1. The Hall–Kier alpha value is -5.74. The maximum absolute atomic E-state index is 5.22. The lowest BCUT2D eigenvalue weighted by Gasteiger charge is -2.13. The average molecular weight is 535 g/mol. The highest BCUT2D eigenvalue weighted by Gasteiger charge is 2.16. The van der Waals surface area contributed by atoms with Gasteiger partial charge < -0.3 is 0 Å². The molecule has 7 aromatic carbocycles. The first-order valence-corrected chi connectivity index (χ1v) is 14.1. The minimum Gasteiger partial charge on any atom is -0.250 e. The zero-order valence-corrected chi connectivity index (χ0v) is 22.5. The van der Waals surface area contributed by atoms with Gasteiger partial charge >= 0.3 is 0 Å². The first-order valence-electron chi connectivity index (χ1n) is 14.1. The molecule has 9 aromatic rings. The number of rotatable bonds is 2. The van der Waals surface area contributed by atoms with Crippen LogP contribution in [0.2, 0.25) is 0 Å². The van der Waals surface area contributed by atoms with Gasteiger partial charge in [0.05, 0.1) is 34.8 Å². The van der Waals surface area contributed by atoms with E-state index in [1.165, 1.54) is 32.3 Å². The summed E-state index contributed by atoms with van der Waals surface area (Å²) in [6.45, 7) is 0. The zero-order chi connectivity index (χ0) is 27.6. The molecule has 0 saturated carbocycles. The van der Waals surface area contributed by atoms with Gasteiger partial charge in [0.1, 0.15) is 11.0 Å². The van der Waals surface area contributed by atoms with Crippen molar-refractivity contribution in [1.82, 2.24) is 19.9 Å². The van der Waals surface area contributed by atoms with Crippen molar-refractivity contribution in [3.8, 4) is 22.5 Å². The second-order valence-electron chi connectivity index (χ2n) is 10.7. The third-order valence-corrected chi connectivity index (χ3v) is 8.32. The molecule has 2 heterocycles. The molecule has 0 bridgehead atoms. The topological polar surface area (TPSA) is 51.6 Å². The van der Waals surface area contributed by atoms with Gasteiger partial charge in [-0.05, 0) is 38.4 Å². The molecule has 194 valence electrons. The summed E-state index contributed by atoms with van der Waals surface area (Å²) in [5.41, 5.74) is 6.94. The van der Waals surface area contributed by atoms with Gasteiger partial charge in [-0.15, -0.1) is 0 Å². The molecule has 42 heavy (non-hydrogen) atoms. The maximum atomic E-state index is 5.22. The van der Waals surface area contributed by atoms with E-state index in [9.17, 15) is 0 Å². The summed E-state index contributed by atoms with van der Waals surface area (Å²) in [6.07, 6.45) is 3.70. The lowest BCUT2D eigenvalue weighted by Crippen LogP contribution is -1.96. The van der Waals surface area contributed by atoms with Crippen molar-refractivity contribution in [3.63, 3.8) is 0 Å². The highest BCUT2D eigenvalue weighted by Crippen LogP contribution is 2.38. The van der Waals surface area contributed by atoms with Crippen LogP contribution >= 0.6 is 0 Å². The van der Waals surface area contributed by atoms with Crippen LogP contribution in [0.5, 0.6) is 0 Å². The van der Waals surface area contributed by atoms with Crippen LogP contribution in [0.15, 0.2) is 134 Å². The number of aromatic nitrogens is 4. The second-order valence-corrected chi connectivity index (χ2v) is 10.7. The lowest BCUT2D eigenvalue weighted by molar-refractivity contribution is 1.27. The van der Waals surface area contributed by atoms with Crippen molar-refractivity contribution in [1.29, 1.82) is 0 Å². The summed E-state index contributed by atoms with van der Waals surface area (Å²) in [5.74, 6) is 0. The van der Waals surface area contributed by atoms with Gasteiger partial charge in [0, 0.05) is 21.9 Å². The van der Waals surface area contributed by atoms with Crippen LogP contribution in [-0.2, 0) is 0 Å². The van der Waals surface area contributed by atoms with E-state index in [0.717, 1.165) is 55.4 Å². The van der Waals surface area contributed by atoms with Gasteiger partial charge in [0.25, 0.3) is 0 Å². The van der Waals surface area contributed by atoms with Gasteiger partial charge in [0.15, 0.2) is 0 Å².